The van der Waals surface area contributed by atoms with Gasteiger partial charge in [-0.25, -0.2) is 4.79 Å². The number of phenols is 1. The van der Waals surface area contributed by atoms with E-state index in [0.717, 1.165) is 29.6 Å². The summed E-state index contributed by atoms with van der Waals surface area (Å²) in [6.45, 7) is 6.02. The van der Waals surface area contributed by atoms with Gasteiger partial charge in [0.15, 0.2) is 0 Å². The van der Waals surface area contributed by atoms with E-state index >= 15 is 0 Å². The van der Waals surface area contributed by atoms with Crippen molar-refractivity contribution in [2.24, 2.45) is 0 Å². The summed E-state index contributed by atoms with van der Waals surface area (Å²) in [6, 6.07) is 5.65. The zero-order valence-corrected chi connectivity index (χ0v) is 12.6. The zero-order valence-electron chi connectivity index (χ0n) is 12.6. The number of piperidine rings is 1. The van der Waals surface area contributed by atoms with Crippen LogP contribution in [0.5, 0.6) is 5.75 Å². The maximum Gasteiger partial charge on any atom is 0.336 e. The van der Waals surface area contributed by atoms with Crippen LogP contribution in [-0.4, -0.2) is 17.7 Å². The molecule has 1 unspecified atom stereocenters. The summed E-state index contributed by atoms with van der Waals surface area (Å²) in [5.41, 5.74) is 1.95. The van der Waals surface area contributed by atoms with Crippen LogP contribution in [0, 0.1) is 6.92 Å². The van der Waals surface area contributed by atoms with E-state index in [2.05, 4.69) is 6.92 Å². The average Bonchev–Trinajstić information content (AvgIpc) is 2.43. The topological polar surface area (TPSA) is 54.9 Å². The molecule has 0 bridgehead atoms. The number of aromatic hydroxyl groups is 1. The van der Waals surface area contributed by atoms with Gasteiger partial charge in [0.2, 0.25) is 0 Å². The number of fused-ring (bicyclic) bond motifs is 1. The Morgan fingerprint density at radius 1 is 1.33 bits per heavy atom. The van der Waals surface area contributed by atoms with Crippen molar-refractivity contribution >= 4 is 11.0 Å². The smallest absolute Gasteiger partial charge is 0.336 e. The summed E-state index contributed by atoms with van der Waals surface area (Å²) in [7, 11) is 0. The highest BCUT2D eigenvalue weighted by molar-refractivity contribution is 5.82. The van der Waals surface area contributed by atoms with E-state index in [4.69, 9.17) is 4.42 Å². The molecule has 1 aliphatic rings. The number of quaternary nitrogens is 1. The largest absolute Gasteiger partial charge is 0.508 e. The molecular weight excluding hydrogens is 266 g/mol. The fourth-order valence-corrected chi connectivity index (χ4v) is 3.27. The SMILES string of the molecule is Cc1cc2oc(=O)cc(C[NH+]3CCCC[C@@H]3C)c2cc1O. The van der Waals surface area contributed by atoms with Gasteiger partial charge in [-0.3, -0.25) is 0 Å². The minimum atomic E-state index is -0.313. The molecule has 0 radical (unpaired) electrons. The summed E-state index contributed by atoms with van der Waals surface area (Å²) >= 11 is 0. The van der Waals surface area contributed by atoms with E-state index in [1.165, 1.54) is 24.2 Å². The molecule has 1 saturated heterocycles. The molecule has 112 valence electrons. The highest BCUT2D eigenvalue weighted by Gasteiger charge is 2.23. The predicted octanol–water partition coefficient (Wildman–Crippen LogP) is 1.76. The average molecular weight is 288 g/mol. The van der Waals surface area contributed by atoms with E-state index in [0.29, 0.717) is 11.6 Å². The first-order valence-corrected chi connectivity index (χ1v) is 7.65. The molecule has 0 saturated carbocycles. The van der Waals surface area contributed by atoms with Crippen LogP contribution in [0.25, 0.3) is 11.0 Å². The maximum absolute atomic E-state index is 11.8. The third-order valence-electron chi connectivity index (χ3n) is 4.65. The molecular formula is C17H22NO3+. The van der Waals surface area contributed by atoms with Gasteiger partial charge in [-0.05, 0) is 50.8 Å². The molecule has 21 heavy (non-hydrogen) atoms. The highest BCUT2D eigenvalue weighted by Crippen LogP contribution is 2.25. The van der Waals surface area contributed by atoms with Crippen molar-refractivity contribution in [3.05, 3.63) is 39.7 Å². The number of rotatable bonds is 2. The second kappa shape index (κ2) is 5.53. The van der Waals surface area contributed by atoms with Crippen LogP contribution >= 0.6 is 0 Å². The van der Waals surface area contributed by atoms with Crippen LogP contribution in [0.2, 0.25) is 0 Å². The van der Waals surface area contributed by atoms with Crippen molar-refractivity contribution in [1.29, 1.82) is 0 Å². The molecule has 1 aromatic heterocycles. The van der Waals surface area contributed by atoms with Crippen molar-refractivity contribution in [1.82, 2.24) is 0 Å². The lowest BCUT2D eigenvalue weighted by Crippen LogP contribution is -3.14. The number of aryl methyl sites for hydroxylation is 1. The van der Waals surface area contributed by atoms with Gasteiger partial charge in [0.25, 0.3) is 0 Å². The van der Waals surface area contributed by atoms with Crippen molar-refractivity contribution in [3.63, 3.8) is 0 Å². The van der Waals surface area contributed by atoms with Gasteiger partial charge in [0, 0.05) is 17.0 Å². The van der Waals surface area contributed by atoms with E-state index in [-0.39, 0.29) is 11.4 Å². The molecule has 4 nitrogen and oxygen atoms in total. The molecule has 2 atom stereocenters. The van der Waals surface area contributed by atoms with Gasteiger partial charge in [0.05, 0.1) is 12.6 Å². The van der Waals surface area contributed by atoms with Gasteiger partial charge in [-0.1, -0.05) is 0 Å². The lowest BCUT2D eigenvalue weighted by molar-refractivity contribution is -0.941. The summed E-state index contributed by atoms with van der Waals surface area (Å²) in [4.78, 5) is 13.3. The number of nitrogens with one attached hydrogen (secondary N) is 1. The van der Waals surface area contributed by atoms with Crippen molar-refractivity contribution in [2.75, 3.05) is 6.54 Å². The molecule has 2 N–H and O–H groups in total. The van der Waals surface area contributed by atoms with Crippen LogP contribution in [0.3, 0.4) is 0 Å². The highest BCUT2D eigenvalue weighted by atomic mass is 16.4. The summed E-state index contributed by atoms with van der Waals surface area (Å²) in [6.07, 6.45) is 3.77. The fourth-order valence-electron chi connectivity index (χ4n) is 3.27. The second-order valence-electron chi connectivity index (χ2n) is 6.21. The van der Waals surface area contributed by atoms with E-state index in [1.54, 1.807) is 25.1 Å². The van der Waals surface area contributed by atoms with Gasteiger partial charge in [-0.2, -0.15) is 0 Å². The minimum absolute atomic E-state index is 0.249. The quantitative estimate of drug-likeness (QED) is 0.828. The number of likely N-dealkylation sites (tertiary alicyclic amines) is 1. The van der Waals surface area contributed by atoms with Crippen molar-refractivity contribution in [3.8, 4) is 5.75 Å². The van der Waals surface area contributed by atoms with Gasteiger partial charge < -0.3 is 14.4 Å². The van der Waals surface area contributed by atoms with Crippen LogP contribution in [-0.2, 0) is 6.54 Å². The Bertz CT molecular complexity index is 720. The Kier molecular flexibility index (Phi) is 3.72. The summed E-state index contributed by atoms with van der Waals surface area (Å²) < 4.78 is 5.28. The predicted molar refractivity (Wildman–Crippen MR) is 81.7 cm³/mol. The van der Waals surface area contributed by atoms with Gasteiger partial charge >= 0.3 is 5.63 Å². The molecule has 4 heteroatoms. The Balaban J connectivity index is 2.04. The molecule has 0 amide bonds. The third-order valence-corrected chi connectivity index (χ3v) is 4.65. The van der Waals surface area contributed by atoms with E-state index < -0.39 is 0 Å². The molecule has 0 aliphatic carbocycles. The first-order chi connectivity index (χ1) is 10.0. The van der Waals surface area contributed by atoms with Gasteiger partial charge in [-0.15, -0.1) is 0 Å². The lowest BCUT2D eigenvalue weighted by atomic mass is 10.0. The Labute approximate surface area is 124 Å². The van der Waals surface area contributed by atoms with Crippen LogP contribution in [0.4, 0.5) is 0 Å². The molecule has 2 heterocycles. The molecule has 3 rings (SSSR count). The van der Waals surface area contributed by atoms with Crippen molar-refractivity contribution in [2.45, 2.75) is 45.7 Å². The first-order valence-electron chi connectivity index (χ1n) is 7.65. The van der Waals surface area contributed by atoms with Crippen molar-refractivity contribution < 1.29 is 14.4 Å². The first kappa shape index (κ1) is 14.1. The number of hydrogen-bond acceptors (Lipinski definition) is 3. The Hall–Kier alpha value is -1.81. The maximum atomic E-state index is 11.8. The van der Waals surface area contributed by atoms with Crippen LogP contribution in [0.15, 0.2) is 27.4 Å². The third kappa shape index (κ3) is 2.81. The fraction of sp³-hybridized carbons (Fsp3) is 0.471. The minimum Gasteiger partial charge on any atom is -0.508 e. The molecule has 1 fully saturated rings. The Morgan fingerprint density at radius 2 is 2.14 bits per heavy atom. The van der Waals surface area contributed by atoms with Crippen LogP contribution < -0.4 is 10.5 Å². The molecule has 1 aliphatic heterocycles. The molecule has 2 aromatic rings. The number of hydrogen-bond donors (Lipinski definition) is 2. The molecule has 1 aromatic carbocycles. The molecule has 0 spiro atoms. The van der Waals surface area contributed by atoms with E-state index in [1.807, 2.05) is 0 Å². The monoisotopic (exact) mass is 288 g/mol. The number of phenolic OH excluding ortho intramolecular Hbond substituents is 1. The van der Waals surface area contributed by atoms with Crippen LogP contribution in [0.1, 0.15) is 37.3 Å². The summed E-state index contributed by atoms with van der Waals surface area (Å²) in [5.74, 6) is 0.249. The summed E-state index contributed by atoms with van der Waals surface area (Å²) in [5, 5.41) is 10.8. The normalized spacial score (nSPS) is 22.6. The van der Waals surface area contributed by atoms with E-state index in [9.17, 15) is 9.90 Å². The van der Waals surface area contributed by atoms with Gasteiger partial charge in [0.1, 0.15) is 17.9 Å². The Morgan fingerprint density at radius 3 is 2.90 bits per heavy atom. The standard InChI is InChI=1S/C17H21NO3/c1-11-7-16-14(9-15(11)19)13(8-17(20)21-16)10-18-6-4-3-5-12(18)2/h7-9,12,19H,3-6,10H2,1-2H3/p+1/t12-/m0/s1. The second-order valence-corrected chi connectivity index (χ2v) is 6.21. The zero-order chi connectivity index (χ0) is 15.0. The number of benzene rings is 1. The lowest BCUT2D eigenvalue weighted by Gasteiger charge is -2.30.